The zero-order valence-electron chi connectivity index (χ0n) is 17.7. The molecule has 2 rings (SSSR count). The van der Waals surface area contributed by atoms with E-state index in [1.165, 1.54) is 6.26 Å². The van der Waals surface area contributed by atoms with Crippen molar-refractivity contribution in [3.63, 3.8) is 0 Å². The van der Waals surface area contributed by atoms with Gasteiger partial charge < -0.3 is 25.4 Å². The molecule has 3 atom stereocenters. The molecule has 164 valence electrons. The van der Waals surface area contributed by atoms with Crippen LogP contribution in [0.5, 0.6) is 0 Å². The molecule has 1 aliphatic heterocycles. The van der Waals surface area contributed by atoms with Crippen LogP contribution in [0.1, 0.15) is 27.7 Å². The number of anilines is 2. The van der Waals surface area contributed by atoms with Crippen LogP contribution in [0.25, 0.3) is 0 Å². The van der Waals surface area contributed by atoms with E-state index >= 15 is 0 Å². The van der Waals surface area contributed by atoms with Crippen LogP contribution >= 0.6 is 0 Å². The molecule has 1 aromatic rings. The van der Waals surface area contributed by atoms with Gasteiger partial charge in [0.05, 0.1) is 42.1 Å². The second kappa shape index (κ2) is 9.17. The van der Waals surface area contributed by atoms with Crippen LogP contribution in [0, 0.1) is 5.92 Å². The standard InChI is InChI=1S/C19H32N4O5S/c1-13-11-23(16-6-7-21-10-14(16)20)12-15(22-18(24)28-19(2,3)4)17(13)27-8-9-29(5,25)26/h6-7,10,13,15,17H,8-9,11-12,20H2,1-5H3,(H,22,24)/t13-,15+,17-/m0/s1. The SMILES string of the molecule is C[C@H]1CN(c2ccncc2N)C[C@@H](NC(=O)OC(C)(C)C)[C@H]1OCCS(C)(=O)=O. The highest BCUT2D eigenvalue weighted by atomic mass is 32.2. The van der Waals surface area contributed by atoms with E-state index in [0.29, 0.717) is 18.8 Å². The zero-order chi connectivity index (χ0) is 21.8. The molecule has 0 radical (unpaired) electrons. The van der Waals surface area contributed by atoms with Gasteiger partial charge in [0.15, 0.2) is 0 Å². The number of aromatic nitrogens is 1. The number of hydrogen-bond donors (Lipinski definition) is 2. The van der Waals surface area contributed by atoms with Gasteiger partial charge in [-0.2, -0.15) is 0 Å². The summed E-state index contributed by atoms with van der Waals surface area (Å²) in [6.07, 6.45) is 3.52. The fraction of sp³-hybridized carbons (Fsp3) is 0.684. The van der Waals surface area contributed by atoms with E-state index in [0.717, 1.165) is 5.69 Å². The predicted molar refractivity (Wildman–Crippen MR) is 113 cm³/mol. The van der Waals surface area contributed by atoms with Crippen LogP contribution in [0.2, 0.25) is 0 Å². The molecule has 0 spiro atoms. The molecule has 0 aromatic carbocycles. The maximum atomic E-state index is 12.4. The summed E-state index contributed by atoms with van der Waals surface area (Å²) in [5, 5.41) is 2.89. The third-order valence-electron chi connectivity index (χ3n) is 4.52. The maximum Gasteiger partial charge on any atom is 0.408 e. The Balaban J connectivity index is 2.18. The molecule has 1 saturated heterocycles. The van der Waals surface area contributed by atoms with Crippen molar-refractivity contribution >= 4 is 27.3 Å². The first-order chi connectivity index (χ1) is 13.4. The zero-order valence-corrected chi connectivity index (χ0v) is 18.5. The van der Waals surface area contributed by atoms with E-state index in [9.17, 15) is 13.2 Å². The lowest BCUT2D eigenvalue weighted by molar-refractivity contribution is -0.0130. The normalized spacial score (nSPS) is 22.9. The van der Waals surface area contributed by atoms with Gasteiger partial charge in [-0.05, 0) is 26.8 Å². The van der Waals surface area contributed by atoms with Gasteiger partial charge in [0.1, 0.15) is 15.4 Å². The molecule has 3 N–H and O–H groups in total. The first kappa shape index (κ1) is 23.2. The van der Waals surface area contributed by atoms with Crippen molar-refractivity contribution < 1.29 is 22.7 Å². The molecule has 1 aliphatic rings. The van der Waals surface area contributed by atoms with Crippen molar-refractivity contribution in [2.24, 2.45) is 5.92 Å². The number of nitrogen functional groups attached to an aromatic ring is 1. The summed E-state index contributed by atoms with van der Waals surface area (Å²) >= 11 is 0. The Bertz CT molecular complexity index is 809. The number of ether oxygens (including phenoxy) is 2. The monoisotopic (exact) mass is 428 g/mol. The van der Waals surface area contributed by atoms with Crippen LogP contribution in [-0.2, 0) is 19.3 Å². The van der Waals surface area contributed by atoms with Gasteiger partial charge in [-0.1, -0.05) is 6.92 Å². The van der Waals surface area contributed by atoms with Crippen LogP contribution in [0.15, 0.2) is 18.5 Å². The van der Waals surface area contributed by atoms with Crippen molar-refractivity contribution in [2.75, 3.05) is 42.3 Å². The van der Waals surface area contributed by atoms with Gasteiger partial charge >= 0.3 is 6.09 Å². The highest BCUT2D eigenvalue weighted by Gasteiger charge is 2.37. The van der Waals surface area contributed by atoms with E-state index in [4.69, 9.17) is 15.2 Å². The van der Waals surface area contributed by atoms with Gasteiger partial charge in [0, 0.05) is 31.5 Å². The molecule has 0 unspecified atom stereocenters. The second-order valence-electron chi connectivity index (χ2n) is 8.53. The van der Waals surface area contributed by atoms with E-state index in [1.54, 1.807) is 33.2 Å². The summed E-state index contributed by atoms with van der Waals surface area (Å²) in [6.45, 7) is 8.53. The molecule has 1 aromatic heterocycles. The van der Waals surface area contributed by atoms with Crippen LogP contribution < -0.4 is 16.0 Å². The molecular formula is C19H32N4O5S. The van der Waals surface area contributed by atoms with Crippen molar-refractivity contribution in [1.29, 1.82) is 0 Å². The topological polar surface area (TPSA) is 124 Å². The van der Waals surface area contributed by atoms with Crippen molar-refractivity contribution in [3.05, 3.63) is 18.5 Å². The Morgan fingerprint density at radius 3 is 2.66 bits per heavy atom. The fourth-order valence-corrected chi connectivity index (χ4v) is 3.75. The molecule has 0 saturated carbocycles. The van der Waals surface area contributed by atoms with Gasteiger partial charge in [0.2, 0.25) is 0 Å². The fourth-order valence-electron chi connectivity index (χ4n) is 3.35. The summed E-state index contributed by atoms with van der Waals surface area (Å²) < 4.78 is 34.2. The Hall–Kier alpha value is -2.07. The number of rotatable bonds is 6. The molecule has 29 heavy (non-hydrogen) atoms. The average Bonchev–Trinajstić information content (AvgIpc) is 2.54. The van der Waals surface area contributed by atoms with Crippen molar-refractivity contribution in [2.45, 2.75) is 45.4 Å². The second-order valence-corrected chi connectivity index (χ2v) is 10.8. The molecule has 0 bridgehead atoms. The van der Waals surface area contributed by atoms with Crippen LogP contribution in [0.4, 0.5) is 16.2 Å². The number of carbonyl (C=O) groups excluding carboxylic acids is 1. The van der Waals surface area contributed by atoms with Crippen molar-refractivity contribution in [1.82, 2.24) is 10.3 Å². The highest BCUT2D eigenvalue weighted by Crippen LogP contribution is 2.29. The van der Waals surface area contributed by atoms with Gasteiger partial charge in [0.25, 0.3) is 0 Å². The summed E-state index contributed by atoms with van der Waals surface area (Å²) in [5.41, 5.74) is 6.82. The van der Waals surface area contributed by atoms with E-state index < -0.39 is 27.6 Å². The van der Waals surface area contributed by atoms with E-state index in [2.05, 4.69) is 15.2 Å². The number of alkyl carbamates (subject to hydrolysis) is 1. The first-order valence-electron chi connectivity index (χ1n) is 9.59. The lowest BCUT2D eigenvalue weighted by Crippen LogP contribution is -2.60. The molecule has 0 aliphatic carbocycles. The minimum atomic E-state index is -3.14. The Morgan fingerprint density at radius 1 is 1.38 bits per heavy atom. The van der Waals surface area contributed by atoms with Gasteiger partial charge in [-0.3, -0.25) is 4.98 Å². The van der Waals surface area contributed by atoms with Gasteiger partial charge in [-0.25, -0.2) is 13.2 Å². The molecule has 2 heterocycles. The lowest BCUT2D eigenvalue weighted by Gasteiger charge is -2.43. The first-order valence-corrected chi connectivity index (χ1v) is 11.6. The number of carbonyl (C=O) groups is 1. The van der Waals surface area contributed by atoms with Crippen LogP contribution in [-0.4, -0.2) is 68.9 Å². The minimum Gasteiger partial charge on any atom is -0.444 e. The Kier molecular flexibility index (Phi) is 7.34. The number of nitrogens with zero attached hydrogens (tertiary/aromatic N) is 2. The van der Waals surface area contributed by atoms with Gasteiger partial charge in [-0.15, -0.1) is 0 Å². The van der Waals surface area contributed by atoms with Crippen molar-refractivity contribution in [3.8, 4) is 0 Å². The van der Waals surface area contributed by atoms with E-state index in [-0.39, 0.29) is 24.4 Å². The predicted octanol–water partition coefficient (Wildman–Crippen LogP) is 1.44. The Labute approximate surface area is 172 Å². The third-order valence-corrected chi connectivity index (χ3v) is 5.43. The van der Waals surface area contributed by atoms with Crippen LogP contribution in [0.3, 0.4) is 0 Å². The maximum absolute atomic E-state index is 12.4. The molecular weight excluding hydrogens is 396 g/mol. The number of nitrogens with two attached hydrogens (primary N) is 1. The summed E-state index contributed by atoms with van der Waals surface area (Å²) in [5.74, 6) is -0.0630. The smallest absolute Gasteiger partial charge is 0.408 e. The molecule has 10 heteroatoms. The molecule has 1 fully saturated rings. The highest BCUT2D eigenvalue weighted by molar-refractivity contribution is 7.90. The number of piperidine rings is 1. The number of amides is 1. The quantitative estimate of drug-likeness (QED) is 0.698. The minimum absolute atomic E-state index is 0.0100. The lowest BCUT2D eigenvalue weighted by atomic mass is 9.91. The Morgan fingerprint density at radius 2 is 2.07 bits per heavy atom. The molecule has 1 amide bonds. The van der Waals surface area contributed by atoms with E-state index in [1.807, 2.05) is 13.0 Å². The third kappa shape index (κ3) is 7.36. The summed E-state index contributed by atoms with van der Waals surface area (Å²) in [6, 6.07) is 1.43. The summed E-state index contributed by atoms with van der Waals surface area (Å²) in [7, 11) is -3.14. The number of nitrogens with one attached hydrogen (secondary N) is 1. The largest absolute Gasteiger partial charge is 0.444 e. The number of pyridine rings is 1. The molecule has 9 nitrogen and oxygen atoms in total. The average molecular weight is 429 g/mol. The number of sulfone groups is 1. The number of hydrogen-bond acceptors (Lipinski definition) is 8. The summed E-state index contributed by atoms with van der Waals surface area (Å²) in [4.78, 5) is 18.5.